The zero-order valence-electron chi connectivity index (χ0n) is 11.6. The molecule has 0 atom stereocenters. The Bertz CT molecular complexity index is 626. The number of aliphatic carboxylic acids is 1. The average molecular weight is 372 g/mol. The van der Waals surface area contributed by atoms with Crippen LogP contribution in [0.15, 0.2) is 16.6 Å². The molecule has 7 nitrogen and oxygen atoms in total. The molecular weight excluding hydrogens is 358 g/mol. The highest BCUT2D eigenvalue weighted by Gasteiger charge is 2.42. The summed E-state index contributed by atoms with van der Waals surface area (Å²) in [5, 5.41) is 12.1. The van der Waals surface area contributed by atoms with Gasteiger partial charge in [0, 0.05) is 31.6 Å². The van der Waals surface area contributed by atoms with Gasteiger partial charge in [0.1, 0.15) is 5.54 Å². The number of nitrogens with one attached hydrogen (secondary N) is 1. The van der Waals surface area contributed by atoms with Crippen LogP contribution >= 0.6 is 15.9 Å². The van der Waals surface area contributed by atoms with E-state index in [9.17, 15) is 14.7 Å². The number of carbonyl (C=O) groups excluding carboxylic acids is 1. The van der Waals surface area contributed by atoms with Gasteiger partial charge in [-0.15, -0.1) is 0 Å². The van der Waals surface area contributed by atoms with Crippen LogP contribution in [-0.2, 0) is 9.53 Å². The molecule has 0 saturated carbocycles. The van der Waals surface area contributed by atoms with Gasteiger partial charge in [-0.05, 0) is 28.1 Å². The fourth-order valence-corrected chi connectivity index (χ4v) is 3.06. The van der Waals surface area contributed by atoms with Gasteiger partial charge in [-0.3, -0.25) is 4.79 Å². The van der Waals surface area contributed by atoms with Crippen LogP contribution < -0.4 is 14.8 Å². The molecule has 0 aliphatic carbocycles. The lowest BCUT2D eigenvalue weighted by Gasteiger charge is -2.33. The molecule has 0 aromatic heterocycles. The summed E-state index contributed by atoms with van der Waals surface area (Å²) in [4.78, 5) is 24.0. The molecule has 1 aromatic rings. The molecule has 2 aliphatic heterocycles. The minimum absolute atomic E-state index is 0.0927. The van der Waals surface area contributed by atoms with E-state index in [0.29, 0.717) is 34.7 Å². The maximum Gasteiger partial charge on any atom is 0.329 e. The van der Waals surface area contributed by atoms with Gasteiger partial charge in [-0.2, -0.15) is 0 Å². The van der Waals surface area contributed by atoms with Crippen molar-refractivity contribution in [3.05, 3.63) is 22.2 Å². The second kappa shape index (κ2) is 5.77. The monoisotopic (exact) mass is 371 g/mol. The Hall–Kier alpha value is -1.80. The van der Waals surface area contributed by atoms with E-state index in [1.165, 1.54) is 6.07 Å². The number of fused-ring (bicyclic) bond motifs is 1. The Morgan fingerprint density at radius 3 is 2.64 bits per heavy atom. The first-order valence-corrected chi connectivity index (χ1v) is 7.54. The van der Waals surface area contributed by atoms with Gasteiger partial charge >= 0.3 is 5.97 Å². The molecule has 0 radical (unpaired) electrons. The molecule has 0 bridgehead atoms. The van der Waals surface area contributed by atoms with Crippen LogP contribution in [-0.4, -0.2) is 42.5 Å². The zero-order chi connectivity index (χ0) is 15.7. The van der Waals surface area contributed by atoms with Gasteiger partial charge in [0.25, 0.3) is 5.91 Å². The molecule has 1 saturated heterocycles. The zero-order valence-corrected chi connectivity index (χ0v) is 13.1. The Labute approximate surface area is 134 Å². The minimum Gasteiger partial charge on any atom is -0.480 e. The molecule has 0 unspecified atom stereocenters. The third kappa shape index (κ3) is 2.64. The van der Waals surface area contributed by atoms with E-state index in [-0.39, 0.29) is 19.6 Å². The Morgan fingerprint density at radius 1 is 1.23 bits per heavy atom. The molecule has 2 heterocycles. The summed E-state index contributed by atoms with van der Waals surface area (Å²) in [5.41, 5.74) is -0.985. The summed E-state index contributed by atoms with van der Waals surface area (Å²) in [6, 6.07) is 3.12. The van der Waals surface area contributed by atoms with Crippen molar-refractivity contribution < 1.29 is 28.9 Å². The molecule has 1 amide bonds. The van der Waals surface area contributed by atoms with Crippen LogP contribution in [0.25, 0.3) is 0 Å². The molecule has 2 N–H and O–H groups in total. The van der Waals surface area contributed by atoms with Crippen LogP contribution in [0.2, 0.25) is 0 Å². The molecule has 0 spiro atoms. The smallest absolute Gasteiger partial charge is 0.329 e. The molecule has 8 heteroatoms. The van der Waals surface area contributed by atoms with Gasteiger partial charge in [-0.1, -0.05) is 0 Å². The fraction of sp³-hybridized carbons (Fsp3) is 0.429. The van der Waals surface area contributed by atoms with Gasteiger partial charge in [0.05, 0.1) is 4.47 Å². The van der Waals surface area contributed by atoms with Crippen LogP contribution in [0, 0.1) is 0 Å². The molecule has 2 aliphatic rings. The second-order valence-electron chi connectivity index (χ2n) is 5.15. The topological polar surface area (TPSA) is 94.1 Å². The van der Waals surface area contributed by atoms with E-state index in [4.69, 9.17) is 14.2 Å². The number of carboxylic acids is 1. The Balaban J connectivity index is 1.85. The summed E-state index contributed by atoms with van der Waals surface area (Å²) in [6.07, 6.45) is 0.472. The van der Waals surface area contributed by atoms with Crippen LogP contribution in [0.3, 0.4) is 0 Å². The van der Waals surface area contributed by atoms with E-state index in [1.54, 1.807) is 6.07 Å². The lowest BCUT2D eigenvalue weighted by atomic mass is 9.89. The number of amides is 1. The first-order chi connectivity index (χ1) is 10.5. The fourth-order valence-electron chi connectivity index (χ4n) is 2.50. The summed E-state index contributed by atoms with van der Waals surface area (Å²) < 4.78 is 16.3. The molecule has 1 fully saturated rings. The molecule has 1 aromatic carbocycles. The summed E-state index contributed by atoms with van der Waals surface area (Å²) in [7, 11) is 0. The Morgan fingerprint density at radius 2 is 1.95 bits per heavy atom. The quantitative estimate of drug-likeness (QED) is 0.836. The summed E-state index contributed by atoms with van der Waals surface area (Å²) >= 11 is 3.31. The van der Waals surface area contributed by atoms with Crippen LogP contribution in [0.5, 0.6) is 11.5 Å². The normalized spacial score (nSPS) is 18.8. The minimum atomic E-state index is -1.29. The van der Waals surface area contributed by atoms with Crippen molar-refractivity contribution in [1.29, 1.82) is 0 Å². The Kier molecular flexibility index (Phi) is 3.96. The number of ether oxygens (including phenoxy) is 3. The maximum atomic E-state index is 12.4. The predicted octanol–water partition coefficient (Wildman–Crippen LogP) is 1.54. The standard InChI is InChI=1S/C14H14BrNO6/c15-9-5-8(6-10-11(9)22-7-21-10)12(17)16-14(13(18)19)1-3-20-4-2-14/h5-6H,1-4,7H2,(H,16,17)(H,18,19). The third-order valence-electron chi connectivity index (χ3n) is 3.80. The second-order valence-corrected chi connectivity index (χ2v) is 6.00. The molecule has 22 heavy (non-hydrogen) atoms. The lowest BCUT2D eigenvalue weighted by Crippen LogP contribution is -2.57. The third-order valence-corrected chi connectivity index (χ3v) is 4.39. The van der Waals surface area contributed by atoms with Crippen molar-refractivity contribution in [2.75, 3.05) is 20.0 Å². The van der Waals surface area contributed by atoms with Crippen molar-refractivity contribution in [2.45, 2.75) is 18.4 Å². The summed E-state index contributed by atoms with van der Waals surface area (Å²) in [5.74, 6) is -0.529. The van der Waals surface area contributed by atoms with E-state index in [1.807, 2.05) is 0 Å². The lowest BCUT2D eigenvalue weighted by molar-refractivity contribution is -0.148. The van der Waals surface area contributed by atoms with Crippen molar-refractivity contribution in [3.8, 4) is 11.5 Å². The number of carbonyl (C=O) groups is 2. The first kappa shape index (κ1) is 15.1. The van der Waals surface area contributed by atoms with E-state index in [2.05, 4.69) is 21.2 Å². The van der Waals surface area contributed by atoms with Crippen molar-refractivity contribution in [1.82, 2.24) is 5.32 Å². The number of halogens is 1. The highest BCUT2D eigenvalue weighted by atomic mass is 79.9. The van der Waals surface area contributed by atoms with E-state index < -0.39 is 17.4 Å². The number of rotatable bonds is 3. The average Bonchev–Trinajstić information content (AvgIpc) is 2.97. The molecule has 118 valence electrons. The molecular formula is C14H14BrNO6. The first-order valence-electron chi connectivity index (χ1n) is 6.75. The van der Waals surface area contributed by atoms with Crippen molar-refractivity contribution >= 4 is 27.8 Å². The molecule has 3 rings (SSSR count). The van der Waals surface area contributed by atoms with E-state index in [0.717, 1.165) is 0 Å². The SMILES string of the molecule is O=C(NC1(C(=O)O)CCOCC1)c1cc(Br)c2c(c1)OCO2. The van der Waals surface area contributed by atoms with Gasteiger partial charge in [0.2, 0.25) is 6.79 Å². The summed E-state index contributed by atoms with van der Waals surface area (Å²) in [6.45, 7) is 0.699. The van der Waals surface area contributed by atoms with Crippen molar-refractivity contribution in [3.63, 3.8) is 0 Å². The van der Waals surface area contributed by atoms with Gasteiger partial charge in [-0.25, -0.2) is 4.79 Å². The number of hydrogen-bond acceptors (Lipinski definition) is 5. The number of carboxylic acid groups (broad SMARTS) is 1. The predicted molar refractivity (Wildman–Crippen MR) is 78.2 cm³/mol. The highest BCUT2D eigenvalue weighted by Crippen LogP contribution is 2.40. The van der Waals surface area contributed by atoms with Gasteiger partial charge in [0.15, 0.2) is 11.5 Å². The van der Waals surface area contributed by atoms with E-state index >= 15 is 0 Å². The maximum absolute atomic E-state index is 12.4. The number of hydrogen-bond donors (Lipinski definition) is 2. The van der Waals surface area contributed by atoms with Gasteiger partial charge < -0.3 is 24.6 Å². The highest BCUT2D eigenvalue weighted by molar-refractivity contribution is 9.10. The van der Waals surface area contributed by atoms with Crippen LogP contribution in [0.1, 0.15) is 23.2 Å². The largest absolute Gasteiger partial charge is 0.480 e. The van der Waals surface area contributed by atoms with Crippen LogP contribution in [0.4, 0.5) is 0 Å². The van der Waals surface area contributed by atoms with Crippen molar-refractivity contribution in [2.24, 2.45) is 0 Å². The number of benzene rings is 1.